The predicted octanol–water partition coefficient (Wildman–Crippen LogP) is 2.08. The summed E-state index contributed by atoms with van der Waals surface area (Å²) in [6, 6.07) is 9.14. The molecule has 1 spiro atoms. The second kappa shape index (κ2) is 6.70. The van der Waals surface area contributed by atoms with Gasteiger partial charge in [0.1, 0.15) is 5.92 Å². The van der Waals surface area contributed by atoms with E-state index in [-0.39, 0.29) is 5.91 Å². The molecule has 1 aromatic rings. The number of benzene rings is 1. The smallest absolute Gasteiger partial charge is 0.253 e. The van der Waals surface area contributed by atoms with E-state index in [9.17, 15) is 14.4 Å². The van der Waals surface area contributed by atoms with Gasteiger partial charge in [0.2, 0.25) is 11.8 Å². The number of allylic oxidation sites excluding steroid dienone is 1. The van der Waals surface area contributed by atoms with Gasteiger partial charge < -0.3 is 16.4 Å². The van der Waals surface area contributed by atoms with E-state index in [1.165, 1.54) is 0 Å². The van der Waals surface area contributed by atoms with Crippen molar-refractivity contribution in [2.24, 2.45) is 17.1 Å². The number of amides is 3. The molecule has 4 N–H and O–H groups in total. The number of primary amides is 1. The SMILES string of the molecule is CC1=C(C(=O)Nc2ccccc2)C2(CCCCC2)C(C(N)=O)C(=O)N1. The molecule has 1 unspecified atom stereocenters. The standard InChI is InChI=1S/C19H23N3O3/c1-12-14(17(24)22-13-8-4-2-5-9-13)19(10-6-3-7-11-19)15(16(20)23)18(25)21-12/h2,4-5,8-9,15H,3,6-7,10-11H2,1H3,(H2,20,23)(H,21,25)(H,22,24). The molecular weight excluding hydrogens is 318 g/mol. The lowest BCUT2D eigenvalue weighted by atomic mass is 9.59. The molecule has 25 heavy (non-hydrogen) atoms. The largest absolute Gasteiger partial charge is 0.369 e. The molecule has 0 aromatic heterocycles. The molecular formula is C19H23N3O3. The van der Waals surface area contributed by atoms with Crippen molar-refractivity contribution in [2.75, 3.05) is 5.32 Å². The highest BCUT2D eigenvalue weighted by Crippen LogP contribution is 2.51. The molecule has 2 aliphatic rings. The molecule has 1 atom stereocenters. The van der Waals surface area contributed by atoms with E-state index in [0.717, 1.165) is 19.3 Å². The van der Waals surface area contributed by atoms with Crippen molar-refractivity contribution in [3.63, 3.8) is 0 Å². The summed E-state index contributed by atoms with van der Waals surface area (Å²) in [5.74, 6) is -2.36. The number of carbonyl (C=O) groups is 3. The summed E-state index contributed by atoms with van der Waals surface area (Å²) in [6.45, 7) is 1.71. The Hall–Kier alpha value is -2.63. The van der Waals surface area contributed by atoms with E-state index in [4.69, 9.17) is 5.73 Å². The van der Waals surface area contributed by atoms with Gasteiger partial charge in [0, 0.05) is 22.4 Å². The molecule has 1 saturated carbocycles. The van der Waals surface area contributed by atoms with E-state index >= 15 is 0 Å². The molecule has 1 fully saturated rings. The Morgan fingerprint density at radius 2 is 1.80 bits per heavy atom. The molecule has 0 radical (unpaired) electrons. The van der Waals surface area contributed by atoms with Gasteiger partial charge in [-0.05, 0) is 31.9 Å². The van der Waals surface area contributed by atoms with Crippen molar-refractivity contribution >= 4 is 23.4 Å². The minimum atomic E-state index is -1.01. The third-order valence-corrected chi connectivity index (χ3v) is 5.29. The number of nitrogens with two attached hydrogens (primary N) is 1. The molecule has 0 bridgehead atoms. The minimum Gasteiger partial charge on any atom is -0.369 e. The summed E-state index contributed by atoms with van der Waals surface area (Å²) in [5.41, 5.74) is 6.43. The first-order valence-electron chi connectivity index (χ1n) is 8.63. The van der Waals surface area contributed by atoms with Crippen molar-refractivity contribution in [3.05, 3.63) is 41.6 Å². The summed E-state index contributed by atoms with van der Waals surface area (Å²) in [6.07, 6.45) is 3.99. The lowest BCUT2D eigenvalue weighted by Crippen LogP contribution is -2.56. The van der Waals surface area contributed by atoms with Crippen LogP contribution in [0.3, 0.4) is 0 Å². The molecule has 1 heterocycles. The quantitative estimate of drug-likeness (QED) is 0.734. The zero-order chi connectivity index (χ0) is 18.0. The Morgan fingerprint density at radius 3 is 2.40 bits per heavy atom. The van der Waals surface area contributed by atoms with Crippen LogP contribution in [0.25, 0.3) is 0 Å². The second-order valence-corrected chi connectivity index (χ2v) is 6.86. The lowest BCUT2D eigenvalue weighted by Gasteiger charge is -2.46. The number of carbonyl (C=O) groups excluding carboxylic acids is 3. The monoisotopic (exact) mass is 341 g/mol. The molecule has 3 amide bonds. The van der Waals surface area contributed by atoms with E-state index in [2.05, 4.69) is 10.6 Å². The maximum absolute atomic E-state index is 13.1. The van der Waals surface area contributed by atoms with Crippen LogP contribution in [0.5, 0.6) is 0 Å². The van der Waals surface area contributed by atoms with Crippen LogP contribution < -0.4 is 16.4 Å². The van der Waals surface area contributed by atoms with Gasteiger partial charge in [0.25, 0.3) is 5.91 Å². The van der Waals surface area contributed by atoms with E-state index in [1.807, 2.05) is 18.2 Å². The van der Waals surface area contributed by atoms with Crippen molar-refractivity contribution < 1.29 is 14.4 Å². The van der Waals surface area contributed by atoms with Gasteiger partial charge in [-0.2, -0.15) is 0 Å². The minimum absolute atomic E-state index is 0.281. The topological polar surface area (TPSA) is 101 Å². The van der Waals surface area contributed by atoms with Crippen molar-refractivity contribution in [1.29, 1.82) is 0 Å². The van der Waals surface area contributed by atoms with E-state index in [0.29, 0.717) is 29.8 Å². The average Bonchev–Trinajstić information content (AvgIpc) is 2.55. The average molecular weight is 341 g/mol. The highest BCUT2D eigenvalue weighted by atomic mass is 16.2. The molecule has 6 heteroatoms. The van der Waals surface area contributed by atoms with Gasteiger partial charge in [0.05, 0.1) is 0 Å². The van der Waals surface area contributed by atoms with Gasteiger partial charge in [-0.15, -0.1) is 0 Å². The summed E-state index contributed by atoms with van der Waals surface area (Å²) < 4.78 is 0. The number of anilines is 1. The number of hydrogen-bond donors (Lipinski definition) is 3. The highest BCUT2D eigenvalue weighted by molar-refractivity contribution is 6.11. The van der Waals surface area contributed by atoms with Crippen LogP contribution in [-0.2, 0) is 14.4 Å². The fourth-order valence-corrected chi connectivity index (χ4v) is 4.32. The van der Waals surface area contributed by atoms with Crippen LogP contribution in [0, 0.1) is 11.3 Å². The number of hydrogen-bond acceptors (Lipinski definition) is 3. The van der Waals surface area contributed by atoms with E-state index in [1.54, 1.807) is 19.1 Å². The van der Waals surface area contributed by atoms with Crippen LogP contribution in [0.15, 0.2) is 41.6 Å². The van der Waals surface area contributed by atoms with Gasteiger partial charge in [-0.3, -0.25) is 14.4 Å². The Labute approximate surface area is 146 Å². The van der Waals surface area contributed by atoms with Crippen LogP contribution in [0.4, 0.5) is 5.69 Å². The Balaban J connectivity index is 2.04. The Bertz CT molecular complexity index is 734. The molecule has 0 saturated heterocycles. The third-order valence-electron chi connectivity index (χ3n) is 5.29. The number of para-hydroxylation sites is 1. The van der Waals surface area contributed by atoms with Crippen molar-refractivity contribution in [3.8, 4) is 0 Å². The molecule has 1 aromatic carbocycles. The molecule has 6 nitrogen and oxygen atoms in total. The van der Waals surface area contributed by atoms with Crippen LogP contribution >= 0.6 is 0 Å². The summed E-state index contributed by atoms with van der Waals surface area (Å²) >= 11 is 0. The van der Waals surface area contributed by atoms with Crippen LogP contribution in [0.1, 0.15) is 39.0 Å². The molecule has 132 valence electrons. The number of rotatable bonds is 3. The maximum atomic E-state index is 13.1. The first kappa shape index (κ1) is 17.2. The van der Waals surface area contributed by atoms with Gasteiger partial charge in [-0.25, -0.2) is 0 Å². The van der Waals surface area contributed by atoms with Crippen molar-refractivity contribution in [2.45, 2.75) is 39.0 Å². The van der Waals surface area contributed by atoms with Crippen LogP contribution in [0.2, 0.25) is 0 Å². The summed E-state index contributed by atoms with van der Waals surface area (Å²) in [4.78, 5) is 37.6. The second-order valence-electron chi connectivity index (χ2n) is 6.86. The molecule has 1 aliphatic heterocycles. The zero-order valence-electron chi connectivity index (χ0n) is 14.3. The number of nitrogens with one attached hydrogen (secondary N) is 2. The van der Waals surface area contributed by atoms with Crippen LogP contribution in [-0.4, -0.2) is 17.7 Å². The van der Waals surface area contributed by atoms with E-state index < -0.39 is 23.1 Å². The maximum Gasteiger partial charge on any atom is 0.253 e. The highest BCUT2D eigenvalue weighted by Gasteiger charge is 2.54. The lowest BCUT2D eigenvalue weighted by molar-refractivity contribution is -0.140. The summed E-state index contributed by atoms with van der Waals surface area (Å²) in [7, 11) is 0. The molecule has 3 rings (SSSR count). The van der Waals surface area contributed by atoms with Crippen molar-refractivity contribution in [1.82, 2.24) is 5.32 Å². The first-order valence-corrected chi connectivity index (χ1v) is 8.63. The normalized spacial score (nSPS) is 22.4. The zero-order valence-corrected chi connectivity index (χ0v) is 14.3. The predicted molar refractivity (Wildman–Crippen MR) is 94.1 cm³/mol. The Kier molecular flexibility index (Phi) is 4.61. The Morgan fingerprint density at radius 1 is 1.16 bits per heavy atom. The fourth-order valence-electron chi connectivity index (χ4n) is 4.32. The van der Waals surface area contributed by atoms with Gasteiger partial charge in [0.15, 0.2) is 0 Å². The third kappa shape index (κ3) is 3.04. The van der Waals surface area contributed by atoms with Gasteiger partial charge in [-0.1, -0.05) is 37.5 Å². The fraction of sp³-hybridized carbons (Fsp3) is 0.421. The summed E-state index contributed by atoms with van der Waals surface area (Å²) in [5, 5.41) is 5.57. The first-order chi connectivity index (χ1) is 12.0. The van der Waals surface area contributed by atoms with Gasteiger partial charge >= 0.3 is 0 Å². The molecule has 1 aliphatic carbocycles.